The summed E-state index contributed by atoms with van der Waals surface area (Å²) in [5.41, 5.74) is -0.204. The average Bonchev–Trinajstić information content (AvgIpc) is 1.61. The van der Waals surface area contributed by atoms with Gasteiger partial charge in [-0.25, -0.2) is 0 Å². The molecule has 1 saturated heterocycles. The summed E-state index contributed by atoms with van der Waals surface area (Å²) in [6, 6.07) is 0. The van der Waals surface area contributed by atoms with Crippen molar-refractivity contribution >= 4 is 11.8 Å². The topological polar surface area (TPSA) is 29.4 Å². The number of hydrogen-bond acceptors (Lipinski definition) is 3. The highest BCUT2D eigenvalue weighted by molar-refractivity contribution is 8.00. The standard InChI is InChI=1S/C4H7NOS/c1-4(5-6)2-7-3-4/h2-3H2,1H3. The van der Waals surface area contributed by atoms with E-state index in [1.165, 1.54) is 0 Å². The van der Waals surface area contributed by atoms with Crippen LogP contribution in [0, 0.1) is 4.91 Å². The molecule has 1 fully saturated rings. The van der Waals surface area contributed by atoms with Gasteiger partial charge in [-0.2, -0.15) is 16.7 Å². The number of hydrogen-bond donors (Lipinski definition) is 0. The second-order valence-corrected chi connectivity index (χ2v) is 3.07. The van der Waals surface area contributed by atoms with Gasteiger partial charge < -0.3 is 0 Å². The van der Waals surface area contributed by atoms with Crippen molar-refractivity contribution < 1.29 is 0 Å². The zero-order valence-electron chi connectivity index (χ0n) is 4.18. The van der Waals surface area contributed by atoms with Crippen LogP contribution in [-0.2, 0) is 0 Å². The molecule has 0 atom stereocenters. The average molecular weight is 117 g/mol. The molecule has 0 aliphatic carbocycles. The summed E-state index contributed by atoms with van der Waals surface area (Å²) < 4.78 is 0. The molecule has 0 bridgehead atoms. The first-order valence-electron chi connectivity index (χ1n) is 2.19. The van der Waals surface area contributed by atoms with Crippen molar-refractivity contribution in [3.8, 4) is 0 Å². The van der Waals surface area contributed by atoms with Gasteiger partial charge in [0.2, 0.25) is 0 Å². The third kappa shape index (κ3) is 0.774. The van der Waals surface area contributed by atoms with Crippen LogP contribution in [0.25, 0.3) is 0 Å². The Kier molecular flexibility index (Phi) is 1.07. The fourth-order valence-electron chi connectivity index (χ4n) is 0.450. The summed E-state index contributed by atoms with van der Waals surface area (Å²) in [5, 5.41) is 2.95. The maximum absolute atomic E-state index is 9.85. The zero-order chi connectivity index (χ0) is 5.33. The molecule has 3 heteroatoms. The van der Waals surface area contributed by atoms with E-state index in [9.17, 15) is 4.91 Å². The van der Waals surface area contributed by atoms with Crippen molar-refractivity contribution in [2.24, 2.45) is 5.18 Å². The Morgan fingerprint density at radius 2 is 2.29 bits per heavy atom. The van der Waals surface area contributed by atoms with Gasteiger partial charge in [0.1, 0.15) is 5.54 Å². The summed E-state index contributed by atoms with van der Waals surface area (Å²) in [6.45, 7) is 1.89. The van der Waals surface area contributed by atoms with Crippen LogP contribution in [0.2, 0.25) is 0 Å². The van der Waals surface area contributed by atoms with Gasteiger partial charge in [-0.3, -0.25) is 0 Å². The monoisotopic (exact) mass is 117 g/mol. The quantitative estimate of drug-likeness (QED) is 0.484. The summed E-state index contributed by atoms with van der Waals surface area (Å²) in [5.74, 6) is 1.83. The third-order valence-electron chi connectivity index (χ3n) is 1.05. The highest BCUT2D eigenvalue weighted by Gasteiger charge is 2.33. The largest absolute Gasteiger partial charge is 0.157 e. The number of nitroso groups, excluding NO2 is 1. The van der Waals surface area contributed by atoms with E-state index >= 15 is 0 Å². The predicted molar refractivity (Wildman–Crippen MR) is 31.5 cm³/mol. The Morgan fingerprint density at radius 1 is 1.71 bits per heavy atom. The molecule has 0 aromatic heterocycles. The second-order valence-electron chi connectivity index (χ2n) is 2.08. The molecule has 0 radical (unpaired) electrons. The zero-order valence-corrected chi connectivity index (χ0v) is 4.99. The number of thioether (sulfide) groups is 1. The normalized spacial score (nSPS) is 25.9. The lowest BCUT2D eigenvalue weighted by Gasteiger charge is -2.29. The molecule has 1 rings (SSSR count). The van der Waals surface area contributed by atoms with Gasteiger partial charge in [-0.1, -0.05) is 5.18 Å². The van der Waals surface area contributed by atoms with E-state index in [-0.39, 0.29) is 5.54 Å². The van der Waals surface area contributed by atoms with Gasteiger partial charge in [-0.15, -0.1) is 0 Å². The van der Waals surface area contributed by atoms with Crippen molar-refractivity contribution in [3.05, 3.63) is 4.91 Å². The third-order valence-corrected chi connectivity index (χ3v) is 2.70. The predicted octanol–water partition coefficient (Wildman–Crippen LogP) is 1.26. The molecule has 0 saturated carbocycles. The van der Waals surface area contributed by atoms with Gasteiger partial charge >= 0.3 is 0 Å². The molecule has 0 amide bonds. The molecular weight excluding hydrogens is 110 g/mol. The SMILES string of the molecule is CC1(N=O)CSC1. The second kappa shape index (κ2) is 1.47. The van der Waals surface area contributed by atoms with Crippen molar-refractivity contribution in [2.75, 3.05) is 11.5 Å². The molecule has 40 valence electrons. The van der Waals surface area contributed by atoms with Crippen LogP contribution in [0.5, 0.6) is 0 Å². The van der Waals surface area contributed by atoms with Crippen LogP contribution in [0.4, 0.5) is 0 Å². The van der Waals surface area contributed by atoms with Crippen LogP contribution >= 0.6 is 11.8 Å². The summed E-state index contributed by atoms with van der Waals surface area (Å²) in [7, 11) is 0. The first kappa shape index (κ1) is 5.09. The maximum Gasteiger partial charge on any atom is 0.118 e. The molecule has 0 aromatic carbocycles. The van der Waals surface area contributed by atoms with E-state index in [2.05, 4.69) is 5.18 Å². The van der Waals surface area contributed by atoms with Crippen LogP contribution in [0.1, 0.15) is 6.92 Å². The van der Waals surface area contributed by atoms with E-state index < -0.39 is 0 Å². The Morgan fingerprint density at radius 3 is 2.29 bits per heavy atom. The van der Waals surface area contributed by atoms with Crippen LogP contribution in [0.15, 0.2) is 5.18 Å². The molecule has 0 spiro atoms. The Hall–Kier alpha value is -0.0500. The molecular formula is C4H7NOS. The molecule has 1 aliphatic rings. The molecule has 0 aromatic rings. The van der Waals surface area contributed by atoms with Crippen molar-refractivity contribution in [1.29, 1.82) is 0 Å². The smallest absolute Gasteiger partial charge is 0.118 e. The van der Waals surface area contributed by atoms with E-state index in [4.69, 9.17) is 0 Å². The first-order valence-corrected chi connectivity index (χ1v) is 3.35. The fourth-order valence-corrected chi connectivity index (χ4v) is 1.35. The summed E-state index contributed by atoms with van der Waals surface area (Å²) in [6.07, 6.45) is 0. The number of nitrogens with zero attached hydrogens (tertiary/aromatic N) is 1. The lowest BCUT2D eigenvalue weighted by atomic mass is 10.1. The molecule has 1 heterocycles. The lowest BCUT2D eigenvalue weighted by Crippen LogP contribution is -2.36. The van der Waals surface area contributed by atoms with E-state index in [0.29, 0.717) is 0 Å². The molecule has 7 heavy (non-hydrogen) atoms. The van der Waals surface area contributed by atoms with Crippen molar-refractivity contribution in [1.82, 2.24) is 0 Å². The Labute approximate surface area is 46.6 Å². The molecule has 0 N–H and O–H groups in total. The van der Waals surface area contributed by atoms with Crippen molar-refractivity contribution in [3.63, 3.8) is 0 Å². The molecule has 1 aliphatic heterocycles. The first-order chi connectivity index (χ1) is 3.27. The fraction of sp³-hybridized carbons (Fsp3) is 1.00. The van der Waals surface area contributed by atoms with Gasteiger partial charge in [0.25, 0.3) is 0 Å². The highest BCUT2D eigenvalue weighted by Crippen LogP contribution is 2.31. The van der Waals surface area contributed by atoms with Crippen LogP contribution in [0.3, 0.4) is 0 Å². The Bertz CT molecular complexity index is 89.7. The number of rotatable bonds is 1. The Balaban J connectivity index is 2.43. The minimum Gasteiger partial charge on any atom is -0.157 e. The molecule has 2 nitrogen and oxygen atoms in total. The van der Waals surface area contributed by atoms with E-state index in [1.807, 2.05) is 6.92 Å². The minimum atomic E-state index is -0.204. The van der Waals surface area contributed by atoms with E-state index in [1.54, 1.807) is 11.8 Å². The van der Waals surface area contributed by atoms with Gasteiger partial charge in [0.05, 0.1) is 0 Å². The summed E-state index contributed by atoms with van der Waals surface area (Å²) in [4.78, 5) is 9.85. The van der Waals surface area contributed by atoms with Gasteiger partial charge in [0, 0.05) is 11.5 Å². The highest BCUT2D eigenvalue weighted by atomic mass is 32.2. The van der Waals surface area contributed by atoms with Crippen LogP contribution < -0.4 is 0 Å². The van der Waals surface area contributed by atoms with Crippen molar-refractivity contribution in [2.45, 2.75) is 12.5 Å². The maximum atomic E-state index is 9.85. The van der Waals surface area contributed by atoms with Gasteiger partial charge in [-0.05, 0) is 6.92 Å². The summed E-state index contributed by atoms with van der Waals surface area (Å²) >= 11 is 1.77. The molecule has 0 unspecified atom stereocenters. The minimum absolute atomic E-state index is 0.204. The van der Waals surface area contributed by atoms with Gasteiger partial charge in [0.15, 0.2) is 0 Å². The van der Waals surface area contributed by atoms with Crippen LogP contribution in [-0.4, -0.2) is 17.0 Å². The van der Waals surface area contributed by atoms with E-state index in [0.717, 1.165) is 11.5 Å². The lowest BCUT2D eigenvalue weighted by molar-refractivity contribution is 0.569.